The number of nitrogens with zero attached hydrogens (tertiary/aromatic N) is 4. The second kappa shape index (κ2) is 7.92. The summed E-state index contributed by atoms with van der Waals surface area (Å²) in [7, 11) is 0. The van der Waals surface area contributed by atoms with Gasteiger partial charge in [-0.1, -0.05) is 6.07 Å². The number of carbonyl (C=O) groups is 1. The third-order valence-electron chi connectivity index (χ3n) is 4.80. The van der Waals surface area contributed by atoms with E-state index < -0.39 is 0 Å². The minimum Gasteiger partial charge on any atom is -0.462 e. The lowest BCUT2D eigenvalue weighted by Gasteiger charge is -2.35. The van der Waals surface area contributed by atoms with E-state index in [9.17, 15) is 4.79 Å². The first kappa shape index (κ1) is 18.3. The lowest BCUT2D eigenvalue weighted by atomic mass is 10.2. The predicted molar refractivity (Wildman–Crippen MR) is 110 cm³/mol. The maximum absolute atomic E-state index is 12.2. The highest BCUT2D eigenvalue weighted by Gasteiger charge is 2.25. The van der Waals surface area contributed by atoms with Crippen LogP contribution >= 0.6 is 22.7 Å². The van der Waals surface area contributed by atoms with Crippen LogP contribution in [0, 0.1) is 6.92 Å². The molecule has 3 aromatic heterocycles. The van der Waals surface area contributed by atoms with Crippen LogP contribution in [0.15, 0.2) is 23.8 Å². The van der Waals surface area contributed by atoms with Crippen LogP contribution in [0.5, 0.6) is 0 Å². The fourth-order valence-electron chi connectivity index (χ4n) is 3.42. The van der Waals surface area contributed by atoms with E-state index in [-0.39, 0.29) is 5.97 Å². The monoisotopic (exact) mass is 402 g/mol. The molecule has 6 nitrogen and oxygen atoms in total. The van der Waals surface area contributed by atoms with Gasteiger partial charge in [0.25, 0.3) is 0 Å². The van der Waals surface area contributed by atoms with Crippen LogP contribution in [0.1, 0.15) is 27.0 Å². The Balaban J connectivity index is 1.55. The maximum atomic E-state index is 12.2. The van der Waals surface area contributed by atoms with Gasteiger partial charge in [-0.15, -0.1) is 22.7 Å². The molecule has 3 aromatic rings. The van der Waals surface area contributed by atoms with Crippen molar-refractivity contribution in [3.63, 3.8) is 0 Å². The molecule has 1 fully saturated rings. The molecule has 0 bridgehead atoms. The van der Waals surface area contributed by atoms with E-state index >= 15 is 0 Å². The Morgan fingerprint density at radius 3 is 2.78 bits per heavy atom. The van der Waals surface area contributed by atoms with Gasteiger partial charge in [-0.3, -0.25) is 4.90 Å². The number of anilines is 1. The standard InChI is InChI=1S/C19H22N4O2S2/c1-3-25-19(24)16-13(2)15-17(20-12-21-18(15)27-16)23-8-6-22(7-9-23)11-14-5-4-10-26-14/h4-5,10,12H,3,6-9,11H2,1-2H3. The molecule has 1 aliphatic heterocycles. The Bertz CT molecular complexity index is 931. The number of aryl methyl sites for hydroxylation is 1. The fourth-order valence-corrected chi connectivity index (χ4v) is 5.21. The Kier molecular flexibility index (Phi) is 5.38. The summed E-state index contributed by atoms with van der Waals surface area (Å²) in [5.41, 5.74) is 0.921. The first-order chi connectivity index (χ1) is 13.2. The normalized spacial score (nSPS) is 15.4. The van der Waals surface area contributed by atoms with Crippen molar-refractivity contribution in [3.05, 3.63) is 39.2 Å². The van der Waals surface area contributed by atoms with Crippen LogP contribution in [-0.4, -0.2) is 53.6 Å². The summed E-state index contributed by atoms with van der Waals surface area (Å²) in [5.74, 6) is 0.657. The van der Waals surface area contributed by atoms with Crippen LogP contribution in [-0.2, 0) is 11.3 Å². The summed E-state index contributed by atoms with van der Waals surface area (Å²) >= 11 is 3.20. The second-order valence-electron chi connectivity index (χ2n) is 6.50. The van der Waals surface area contributed by atoms with Crippen LogP contribution in [0.2, 0.25) is 0 Å². The Morgan fingerprint density at radius 2 is 2.07 bits per heavy atom. The minimum absolute atomic E-state index is 0.273. The summed E-state index contributed by atoms with van der Waals surface area (Å²) in [5, 5.41) is 3.11. The smallest absolute Gasteiger partial charge is 0.348 e. The van der Waals surface area contributed by atoms with Gasteiger partial charge in [0.1, 0.15) is 21.9 Å². The van der Waals surface area contributed by atoms with Gasteiger partial charge in [0.05, 0.1) is 12.0 Å². The van der Waals surface area contributed by atoms with Gasteiger partial charge in [0, 0.05) is 37.6 Å². The summed E-state index contributed by atoms with van der Waals surface area (Å²) in [6.07, 6.45) is 1.60. The quantitative estimate of drug-likeness (QED) is 0.608. The molecule has 0 aromatic carbocycles. The first-order valence-corrected chi connectivity index (χ1v) is 10.8. The van der Waals surface area contributed by atoms with Crippen molar-refractivity contribution in [2.45, 2.75) is 20.4 Å². The van der Waals surface area contributed by atoms with Crippen molar-refractivity contribution in [1.82, 2.24) is 14.9 Å². The van der Waals surface area contributed by atoms with Crippen molar-refractivity contribution in [2.75, 3.05) is 37.7 Å². The lowest BCUT2D eigenvalue weighted by molar-refractivity contribution is 0.0531. The molecule has 0 aliphatic carbocycles. The molecule has 27 heavy (non-hydrogen) atoms. The van der Waals surface area contributed by atoms with Gasteiger partial charge in [0.2, 0.25) is 0 Å². The number of carbonyl (C=O) groups excluding carboxylic acids is 1. The number of hydrogen-bond acceptors (Lipinski definition) is 8. The molecule has 0 atom stereocenters. The molecule has 0 saturated carbocycles. The average molecular weight is 403 g/mol. The van der Waals surface area contributed by atoms with Gasteiger partial charge in [-0.25, -0.2) is 14.8 Å². The molecule has 142 valence electrons. The highest BCUT2D eigenvalue weighted by Crippen LogP contribution is 2.35. The zero-order chi connectivity index (χ0) is 18.8. The fraction of sp³-hybridized carbons (Fsp3) is 0.421. The lowest BCUT2D eigenvalue weighted by Crippen LogP contribution is -2.46. The largest absolute Gasteiger partial charge is 0.462 e. The number of esters is 1. The SMILES string of the molecule is CCOC(=O)c1sc2ncnc(N3CCN(Cc4cccs4)CC3)c2c1C. The summed E-state index contributed by atoms with van der Waals surface area (Å²) < 4.78 is 5.19. The summed E-state index contributed by atoms with van der Waals surface area (Å²) in [6.45, 7) is 9.00. The summed E-state index contributed by atoms with van der Waals surface area (Å²) in [4.78, 5) is 28.9. The Morgan fingerprint density at radius 1 is 1.26 bits per heavy atom. The second-order valence-corrected chi connectivity index (χ2v) is 8.53. The topological polar surface area (TPSA) is 58.6 Å². The van der Waals surface area contributed by atoms with Gasteiger partial charge in [-0.2, -0.15) is 0 Å². The molecule has 4 rings (SSSR count). The molecule has 0 spiro atoms. The van der Waals surface area contributed by atoms with Crippen LogP contribution in [0.4, 0.5) is 5.82 Å². The number of fused-ring (bicyclic) bond motifs is 1. The molecular formula is C19H22N4O2S2. The number of piperazine rings is 1. The number of ether oxygens (including phenoxy) is 1. The van der Waals surface area contributed by atoms with E-state index in [1.165, 1.54) is 16.2 Å². The highest BCUT2D eigenvalue weighted by atomic mass is 32.1. The molecule has 8 heteroatoms. The van der Waals surface area contributed by atoms with Crippen molar-refractivity contribution in [1.29, 1.82) is 0 Å². The van der Waals surface area contributed by atoms with Gasteiger partial charge < -0.3 is 9.64 Å². The molecule has 4 heterocycles. The zero-order valence-corrected chi connectivity index (χ0v) is 17.1. The van der Waals surface area contributed by atoms with Gasteiger partial charge >= 0.3 is 5.97 Å². The third-order valence-corrected chi connectivity index (χ3v) is 6.84. The molecule has 0 unspecified atom stereocenters. The van der Waals surface area contributed by atoms with Crippen molar-refractivity contribution in [3.8, 4) is 0 Å². The van der Waals surface area contributed by atoms with Gasteiger partial charge in [-0.05, 0) is 30.9 Å². The minimum atomic E-state index is -0.273. The first-order valence-electron chi connectivity index (χ1n) is 9.08. The number of thiophene rings is 2. The van der Waals surface area contributed by atoms with Crippen LogP contribution < -0.4 is 4.90 Å². The van der Waals surface area contributed by atoms with E-state index in [0.717, 1.165) is 54.3 Å². The van der Waals surface area contributed by atoms with Crippen molar-refractivity contribution in [2.24, 2.45) is 0 Å². The van der Waals surface area contributed by atoms with Crippen LogP contribution in [0.25, 0.3) is 10.2 Å². The van der Waals surface area contributed by atoms with Crippen molar-refractivity contribution >= 4 is 44.7 Å². The van der Waals surface area contributed by atoms with Gasteiger partial charge in [0.15, 0.2) is 0 Å². The van der Waals surface area contributed by atoms with E-state index in [1.54, 1.807) is 6.33 Å². The van der Waals surface area contributed by atoms with E-state index in [4.69, 9.17) is 4.74 Å². The zero-order valence-electron chi connectivity index (χ0n) is 15.5. The van der Waals surface area contributed by atoms with E-state index in [1.807, 2.05) is 25.2 Å². The molecule has 0 radical (unpaired) electrons. The summed E-state index contributed by atoms with van der Waals surface area (Å²) in [6, 6.07) is 4.30. The molecular weight excluding hydrogens is 380 g/mol. The molecule has 0 N–H and O–H groups in total. The van der Waals surface area contributed by atoms with Crippen LogP contribution in [0.3, 0.4) is 0 Å². The number of rotatable bonds is 5. The predicted octanol–water partition coefficient (Wildman–Crippen LogP) is 3.56. The Labute approximate surface area is 166 Å². The molecule has 0 amide bonds. The number of aromatic nitrogens is 2. The van der Waals surface area contributed by atoms with E-state index in [0.29, 0.717) is 11.5 Å². The highest BCUT2D eigenvalue weighted by molar-refractivity contribution is 7.20. The van der Waals surface area contributed by atoms with E-state index in [2.05, 4.69) is 37.3 Å². The van der Waals surface area contributed by atoms with Crippen molar-refractivity contribution < 1.29 is 9.53 Å². The number of hydrogen-bond donors (Lipinski definition) is 0. The molecule has 1 aliphatic rings. The third kappa shape index (κ3) is 3.69. The molecule has 1 saturated heterocycles. The Hall–Kier alpha value is -2.03. The average Bonchev–Trinajstić information content (AvgIpc) is 3.30. The maximum Gasteiger partial charge on any atom is 0.348 e.